The number of H-pyrrole nitrogens is 1. The zero-order valence-corrected chi connectivity index (χ0v) is 13.9. The van der Waals surface area contributed by atoms with Crippen LogP contribution in [-0.2, 0) is 13.0 Å². The van der Waals surface area contributed by atoms with Crippen molar-refractivity contribution >= 4 is 21.6 Å². The number of imidazole rings is 1. The third kappa shape index (κ3) is 4.42. The van der Waals surface area contributed by atoms with Crippen molar-refractivity contribution in [1.29, 1.82) is 0 Å². The molecule has 0 aliphatic rings. The standard InChI is InChI=1S/C14H20BrN5O/c1-10(2)9-20-14(21)13(15)11(8-19-20)16-5-3-4-12-17-6-7-18-12/h6-8,10,16H,3-5,9H2,1-2H3,(H,17,18). The van der Waals surface area contributed by atoms with E-state index in [0.29, 0.717) is 16.9 Å². The molecule has 0 aliphatic heterocycles. The number of nitrogens with one attached hydrogen (secondary N) is 2. The van der Waals surface area contributed by atoms with E-state index in [1.165, 1.54) is 4.68 Å². The van der Waals surface area contributed by atoms with Gasteiger partial charge in [0.15, 0.2) is 0 Å². The molecule has 114 valence electrons. The number of aromatic nitrogens is 4. The van der Waals surface area contributed by atoms with Crippen molar-refractivity contribution < 1.29 is 0 Å². The molecule has 0 spiro atoms. The van der Waals surface area contributed by atoms with Gasteiger partial charge in [0, 0.05) is 31.9 Å². The van der Waals surface area contributed by atoms with E-state index in [4.69, 9.17) is 0 Å². The Morgan fingerprint density at radius 1 is 1.48 bits per heavy atom. The smallest absolute Gasteiger partial charge is 0.283 e. The average Bonchev–Trinajstić information content (AvgIpc) is 2.95. The number of aryl methyl sites for hydroxylation is 1. The van der Waals surface area contributed by atoms with Crippen LogP contribution in [0.4, 0.5) is 5.69 Å². The number of rotatable bonds is 7. The highest BCUT2D eigenvalue weighted by molar-refractivity contribution is 9.10. The zero-order chi connectivity index (χ0) is 15.2. The fourth-order valence-electron chi connectivity index (χ4n) is 1.98. The average molecular weight is 354 g/mol. The first-order valence-corrected chi connectivity index (χ1v) is 7.85. The van der Waals surface area contributed by atoms with E-state index in [9.17, 15) is 4.79 Å². The van der Waals surface area contributed by atoms with Crippen molar-refractivity contribution in [3.8, 4) is 0 Å². The third-order valence-electron chi connectivity index (χ3n) is 2.98. The van der Waals surface area contributed by atoms with Gasteiger partial charge in [0.05, 0.1) is 11.9 Å². The Balaban J connectivity index is 1.91. The van der Waals surface area contributed by atoms with Crippen LogP contribution in [0, 0.1) is 5.92 Å². The molecular weight excluding hydrogens is 334 g/mol. The quantitative estimate of drug-likeness (QED) is 0.749. The highest BCUT2D eigenvalue weighted by atomic mass is 79.9. The summed E-state index contributed by atoms with van der Waals surface area (Å²) in [7, 11) is 0. The molecule has 0 aliphatic carbocycles. The maximum Gasteiger partial charge on any atom is 0.283 e. The first-order valence-electron chi connectivity index (χ1n) is 7.05. The van der Waals surface area contributed by atoms with Crippen LogP contribution in [0.5, 0.6) is 0 Å². The van der Waals surface area contributed by atoms with E-state index in [1.807, 2.05) is 6.20 Å². The number of anilines is 1. The minimum absolute atomic E-state index is 0.0975. The second-order valence-electron chi connectivity index (χ2n) is 5.32. The third-order valence-corrected chi connectivity index (χ3v) is 3.75. The summed E-state index contributed by atoms with van der Waals surface area (Å²) in [6.07, 6.45) is 7.06. The van der Waals surface area contributed by atoms with Crippen molar-refractivity contribution in [2.75, 3.05) is 11.9 Å². The molecule has 0 radical (unpaired) electrons. The lowest BCUT2D eigenvalue weighted by molar-refractivity contribution is 0.462. The lowest BCUT2D eigenvalue weighted by Crippen LogP contribution is -2.26. The highest BCUT2D eigenvalue weighted by Gasteiger charge is 2.09. The second kappa shape index (κ2) is 7.40. The van der Waals surface area contributed by atoms with Crippen molar-refractivity contribution in [3.63, 3.8) is 0 Å². The Morgan fingerprint density at radius 3 is 2.95 bits per heavy atom. The molecule has 2 heterocycles. The predicted octanol–water partition coefficient (Wildman–Crippen LogP) is 2.43. The Bertz CT molecular complexity index is 621. The topological polar surface area (TPSA) is 75.6 Å². The Morgan fingerprint density at radius 2 is 2.29 bits per heavy atom. The van der Waals surface area contributed by atoms with Gasteiger partial charge in [-0.1, -0.05) is 13.8 Å². The van der Waals surface area contributed by atoms with Crippen LogP contribution in [0.25, 0.3) is 0 Å². The fraction of sp³-hybridized carbons (Fsp3) is 0.500. The highest BCUT2D eigenvalue weighted by Crippen LogP contribution is 2.16. The largest absolute Gasteiger partial charge is 0.383 e. The van der Waals surface area contributed by atoms with Crippen LogP contribution in [0.2, 0.25) is 0 Å². The van der Waals surface area contributed by atoms with Crippen LogP contribution >= 0.6 is 15.9 Å². The molecule has 6 nitrogen and oxygen atoms in total. The summed E-state index contributed by atoms with van der Waals surface area (Å²) in [6.45, 7) is 5.50. The number of halogens is 1. The molecule has 0 saturated heterocycles. The summed E-state index contributed by atoms with van der Waals surface area (Å²) in [4.78, 5) is 19.4. The van der Waals surface area contributed by atoms with Crippen molar-refractivity contribution in [2.24, 2.45) is 5.92 Å². The van der Waals surface area contributed by atoms with Crippen LogP contribution < -0.4 is 10.9 Å². The number of nitrogens with zero attached hydrogens (tertiary/aromatic N) is 3. The molecule has 0 amide bonds. The molecule has 0 saturated carbocycles. The second-order valence-corrected chi connectivity index (χ2v) is 6.11. The number of hydrogen-bond donors (Lipinski definition) is 2. The van der Waals surface area contributed by atoms with E-state index in [0.717, 1.165) is 30.9 Å². The SMILES string of the molecule is CC(C)Cn1ncc(NCCCc2ncc[nH]2)c(Br)c1=O. The molecule has 7 heteroatoms. The minimum Gasteiger partial charge on any atom is -0.383 e. The van der Waals surface area contributed by atoms with Gasteiger partial charge >= 0.3 is 0 Å². The summed E-state index contributed by atoms with van der Waals surface area (Å²) < 4.78 is 2.03. The van der Waals surface area contributed by atoms with E-state index in [-0.39, 0.29) is 5.56 Å². The monoisotopic (exact) mass is 353 g/mol. The fourth-order valence-corrected chi connectivity index (χ4v) is 2.43. The number of hydrogen-bond acceptors (Lipinski definition) is 4. The van der Waals surface area contributed by atoms with Gasteiger partial charge in [0.25, 0.3) is 5.56 Å². The summed E-state index contributed by atoms with van der Waals surface area (Å²) in [6, 6.07) is 0. The van der Waals surface area contributed by atoms with Gasteiger partial charge in [-0.3, -0.25) is 4.79 Å². The molecular formula is C14H20BrN5O. The van der Waals surface area contributed by atoms with Gasteiger partial charge in [0.1, 0.15) is 10.3 Å². The van der Waals surface area contributed by atoms with E-state index in [1.54, 1.807) is 12.4 Å². The Labute approximate surface area is 132 Å². The van der Waals surface area contributed by atoms with Gasteiger partial charge in [-0.05, 0) is 28.3 Å². The lowest BCUT2D eigenvalue weighted by Gasteiger charge is -2.11. The number of aromatic amines is 1. The van der Waals surface area contributed by atoms with E-state index < -0.39 is 0 Å². The Hall–Kier alpha value is -1.63. The van der Waals surface area contributed by atoms with Gasteiger partial charge in [-0.2, -0.15) is 5.10 Å². The maximum absolute atomic E-state index is 12.1. The Kier molecular flexibility index (Phi) is 5.55. The summed E-state index contributed by atoms with van der Waals surface area (Å²) in [5.74, 6) is 1.36. The lowest BCUT2D eigenvalue weighted by atomic mass is 10.2. The van der Waals surface area contributed by atoms with Crippen LogP contribution in [0.15, 0.2) is 27.9 Å². The molecule has 2 N–H and O–H groups in total. The molecule has 0 unspecified atom stereocenters. The van der Waals surface area contributed by atoms with Crippen LogP contribution in [0.3, 0.4) is 0 Å². The van der Waals surface area contributed by atoms with Gasteiger partial charge in [0.2, 0.25) is 0 Å². The zero-order valence-electron chi connectivity index (χ0n) is 12.3. The maximum atomic E-state index is 12.1. The van der Waals surface area contributed by atoms with Crippen LogP contribution in [-0.4, -0.2) is 26.3 Å². The molecule has 2 rings (SSSR count). The van der Waals surface area contributed by atoms with Gasteiger partial charge in [-0.15, -0.1) is 0 Å². The molecule has 0 aromatic carbocycles. The molecule has 0 fully saturated rings. The summed E-state index contributed by atoms with van der Waals surface area (Å²) in [5, 5.41) is 7.43. The van der Waals surface area contributed by atoms with E-state index >= 15 is 0 Å². The molecule has 0 bridgehead atoms. The minimum atomic E-state index is -0.0975. The molecule has 21 heavy (non-hydrogen) atoms. The van der Waals surface area contributed by atoms with E-state index in [2.05, 4.69) is 50.2 Å². The molecule has 0 atom stereocenters. The van der Waals surface area contributed by atoms with Gasteiger partial charge < -0.3 is 10.3 Å². The summed E-state index contributed by atoms with van der Waals surface area (Å²) >= 11 is 3.36. The van der Waals surface area contributed by atoms with Crippen LogP contribution in [0.1, 0.15) is 26.1 Å². The van der Waals surface area contributed by atoms with Crippen molar-refractivity contribution in [1.82, 2.24) is 19.7 Å². The van der Waals surface area contributed by atoms with Crippen molar-refractivity contribution in [3.05, 3.63) is 39.2 Å². The normalized spacial score (nSPS) is 11.0. The predicted molar refractivity (Wildman–Crippen MR) is 86.4 cm³/mol. The van der Waals surface area contributed by atoms with Crippen molar-refractivity contribution in [2.45, 2.75) is 33.2 Å². The molecule has 2 aromatic heterocycles. The molecule has 2 aromatic rings. The summed E-state index contributed by atoms with van der Waals surface area (Å²) in [5.41, 5.74) is 0.638. The first-order chi connectivity index (χ1) is 10.1. The van der Waals surface area contributed by atoms with Gasteiger partial charge in [-0.25, -0.2) is 9.67 Å². The first kappa shape index (κ1) is 15.8.